The first-order chi connectivity index (χ1) is 12.8. The molecule has 3 heterocycles. The van der Waals surface area contributed by atoms with Crippen LogP contribution >= 0.6 is 11.3 Å². The van der Waals surface area contributed by atoms with Crippen molar-refractivity contribution in [3.8, 4) is 5.75 Å². The molecule has 0 aromatic carbocycles. The van der Waals surface area contributed by atoms with Crippen LogP contribution < -0.4 is 10.4 Å². The topological polar surface area (TPSA) is 89.7 Å². The Morgan fingerprint density at radius 2 is 2.11 bits per heavy atom. The number of aromatic nitrogens is 3. The van der Waals surface area contributed by atoms with Crippen LogP contribution in [0.25, 0.3) is 0 Å². The lowest BCUT2D eigenvalue weighted by atomic mass is 10.3. The van der Waals surface area contributed by atoms with Crippen LogP contribution in [0.3, 0.4) is 0 Å². The first kappa shape index (κ1) is 19.0. The van der Waals surface area contributed by atoms with Crippen molar-refractivity contribution < 1.29 is 23.1 Å². The van der Waals surface area contributed by atoms with Crippen LogP contribution in [-0.4, -0.2) is 63.2 Å². The molecule has 2 aromatic heterocycles. The summed E-state index contributed by atoms with van der Waals surface area (Å²) in [4.78, 5) is 39.6. The number of fused-ring (bicyclic) bond motifs is 1. The quantitative estimate of drug-likeness (QED) is 0.726. The molecule has 0 atom stereocenters. The number of alkyl halides is 2. The van der Waals surface area contributed by atoms with Crippen molar-refractivity contribution >= 4 is 23.2 Å². The van der Waals surface area contributed by atoms with Crippen molar-refractivity contribution in [1.29, 1.82) is 0 Å². The molecule has 3 rings (SSSR count). The van der Waals surface area contributed by atoms with Gasteiger partial charge in [0.25, 0.3) is 5.91 Å². The number of thiophene rings is 1. The van der Waals surface area contributed by atoms with Gasteiger partial charge in [-0.25, -0.2) is 9.48 Å². The van der Waals surface area contributed by atoms with Crippen LogP contribution in [0.15, 0.2) is 16.2 Å². The Morgan fingerprint density at radius 3 is 2.78 bits per heavy atom. The second-order valence-electron chi connectivity index (χ2n) is 6.02. The predicted molar refractivity (Wildman–Crippen MR) is 90.9 cm³/mol. The molecule has 2 aromatic rings. The minimum atomic E-state index is -3.03. The molecular formula is C15H17F2N5O4S. The van der Waals surface area contributed by atoms with E-state index in [9.17, 15) is 23.2 Å². The van der Waals surface area contributed by atoms with Gasteiger partial charge < -0.3 is 14.5 Å². The van der Waals surface area contributed by atoms with Gasteiger partial charge in [0.1, 0.15) is 17.2 Å². The fourth-order valence-electron chi connectivity index (χ4n) is 2.63. The van der Waals surface area contributed by atoms with E-state index in [1.165, 1.54) is 25.8 Å². The van der Waals surface area contributed by atoms with E-state index in [0.29, 0.717) is 5.82 Å². The zero-order valence-electron chi connectivity index (χ0n) is 14.6. The summed E-state index contributed by atoms with van der Waals surface area (Å²) in [7, 11) is 3.15. The highest BCUT2D eigenvalue weighted by molar-refractivity contribution is 7.12. The third-order valence-electron chi connectivity index (χ3n) is 4.04. The maximum Gasteiger partial charge on any atom is 0.387 e. The molecule has 0 aliphatic carbocycles. The number of carbonyl (C=O) groups is 2. The number of hydrogen-bond acceptors (Lipinski definition) is 6. The van der Waals surface area contributed by atoms with Gasteiger partial charge in [0, 0.05) is 27.2 Å². The smallest absolute Gasteiger partial charge is 0.387 e. The van der Waals surface area contributed by atoms with E-state index >= 15 is 0 Å². The predicted octanol–water partition coefficient (Wildman–Crippen LogP) is 0.452. The Morgan fingerprint density at radius 1 is 1.37 bits per heavy atom. The normalized spacial score (nSPS) is 13.6. The Labute approximate surface area is 156 Å². The fourth-order valence-corrected chi connectivity index (χ4v) is 3.42. The molecule has 9 nitrogen and oxygen atoms in total. The van der Waals surface area contributed by atoms with Crippen LogP contribution in [0.1, 0.15) is 15.5 Å². The van der Waals surface area contributed by atoms with Crippen molar-refractivity contribution in [3.63, 3.8) is 0 Å². The van der Waals surface area contributed by atoms with Crippen molar-refractivity contribution in [2.75, 3.05) is 20.6 Å². The van der Waals surface area contributed by atoms with Gasteiger partial charge in [0.15, 0.2) is 5.82 Å². The van der Waals surface area contributed by atoms with E-state index < -0.39 is 18.2 Å². The van der Waals surface area contributed by atoms with E-state index in [4.69, 9.17) is 0 Å². The summed E-state index contributed by atoms with van der Waals surface area (Å²) in [5.41, 5.74) is -0.426. The zero-order valence-corrected chi connectivity index (χ0v) is 15.4. The van der Waals surface area contributed by atoms with E-state index in [1.54, 1.807) is 14.1 Å². The third-order valence-corrected chi connectivity index (χ3v) is 4.92. The van der Waals surface area contributed by atoms with Gasteiger partial charge in [-0.1, -0.05) is 0 Å². The summed E-state index contributed by atoms with van der Waals surface area (Å²) in [6.07, 6.45) is 0. The summed E-state index contributed by atoms with van der Waals surface area (Å²) in [6, 6.07) is 1.31. The van der Waals surface area contributed by atoms with E-state index in [1.807, 2.05) is 0 Å². The average Bonchev–Trinajstić information content (AvgIpc) is 3.18. The molecule has 1 aliphatic rings. The Hall–Kier alpha value is -2.76. The molecule has 0 saturated carbocycles. The fraction of sp³-hybridized carbons (Fsp3) is 0.467. The Bertz CT molecular complexity index is 920. The highest BCUT2D eigenvalue weighted by Crippen LogP contribution is 2.28. The van der Waals surface area contributed by atoms with E-state index in [0.717, 1.165) is 16.0 Å². The number of likely N-dealkylation sites (N-methyl/N-ethyl adjacent to an activating group) is 1. The molecule has 12 heteroatoms. The van der Waals surface area contributed by atoms with Gasteiger partial charge >= 0.3 is 12.3 Å². The number of ether oxygens (including phenoxy) is 1. The highest BCUT2D eigenvalue weighted by atomic mass is 32.1. The monoisotopic (exact) mass is 401 g/mol. The summed E-state index contributed by atoms with van der Waals surface area (Å²) in [6.45, 7) is -2.78. The van der Waals surface area contributed by atoms with Gasteiger partial charge in [-0.2, -0.15) is 13.9 Å². The number of rotatable bonds is 5. The molecule has 0 fully saturated rings. The molecule has 2 amide bonds. The Kier molecular flexibility index (Phi) is 5.26. The van der Waals surface area contributed by atoms with Gasteiger partial charge in [-0.3, -0.25) is 14.2 Å². The number of hydrogen-bond donors (Lipinski definition) is 0. The maximum absolute atomic E-state index is 12.7. The van der Waals surface area contributed by atoms with Crippen LogP contribution in [0.2, 0.25) is 0 Å². The largest absolute Gasteiger partial charge is 0.433 e. The average molecular weight is 401 g/mol. The molecule has 0 N–H and O–H groups in total. The highest BCUT2D eigenvalue weighted by Gasteiger charge is 2.29. The van der Waals surface area contributed by atoms with Crippen molar-refractivity contribution in [1.82, 2.24) is 24.1 Å². The van der Waals surface area contributed by atoms with Crippen LogP contribution in [0, 0.1) is 0 Å². The SMILES string of the molecule is CN(C)C(=O)Cn1nc2n(c1=O)CCN(C(=O)c1sccc1OC(F)F)C2. The summed E-state index contributed by atoms with van der Waals surface area (Å²) in [5.74, 6) is -0.602. The zero-order chi connectivity index (χ0) is 19.7. The molecule has 0 bridgehead atoms. The summed E-state index contributed by atoms with van der Waals surface area (Å²) in [5, 5.41) is 5.63. The second-order valence-corrected chi connectivity index (χ2v) is 6.93. The first-order valence-corrected chi connectivity index (χ1v) is 8.84. The van der Waals surface area contributed by atoms with E-state index in [-0.39, 0.29) is 42.7 Å². The van der Waals surface area contributed by atoms with Gasteiger partial charge in [-0.05, 0) is 11.4 Å². The number of amides is 2. The Balaban J connectivity index is 1.79. The molecular weight excluding hydrogens is 384 g/mol. The molecule has 0 radical (unpaired) electrons. The summed E-state index contributed by atoms with van der Waals surface area (Å²) < 4.78 is 31.8. The molecule has 1 aliphatic heterocycles. The van der Waals surface area contributed by atoms with Gasteiger partial charge in [0.05, 0.1) is 6.54 Å². The lowest BCUT2D eigenvalue weighted by Gasteiger charge is -2.26. The van der Waals surface area contributed by atoms with Gasteiger partial charge in [0.2, 0.25) is 5.91 Å². The van der Waals surface area contributed by atoms with Crippen LogP contribution in [0.5, 0.6) is 5.75 Å². The second kappa shape index (κ2) is 7.47. The van der Waals surface area contributed by atoms with Crippen molar-refractivity contribution in [2.45, 2.75) is 26.2 Å². The number of nitrogens with zero attached hydrogens (tertiary/aromatic N) is 5. The number of carbonyl (C=O) groups excluding carboxylic acids is 2. The lowest BCUT2D eigenvalue weighted by Crippen LogP contribution is -2.41. The number of halogens is 2. The lowest BCUT2D eigenvalue weighted by molar-refractivity contribution is -0.129. The summed E-state index contributed by atoms with van der Waals surface area (Å²) >= 11 is 1.00. The molecule has 0 saturated heterocycles. The molecule has 146 valence electrons. The third kappa shape index (κ3) is 3.84. The molecule has 0 spiro atoms. The van der Waals surface area contributed by atoms with Crippen LogP contribution in [-0.2, 0) is 24.4 Å². The van der Waals surface area contributed by atoms with E-state index in [2.05, 4.69) is 9.84 Å². The first-order valence-electron chi connectivity index (χ1n) is 7.96. The maximum atomic E-state index is 12.7. The van der Waals surface area contributed by atoms with Crippen molar-refractivity contribution in [2.24, 2.45) is 0 Å². The van der Waals surface area contributed by atoms with Crippen LogP contribution in [0.4, 0.5) is 8.78 Å². The van der Waals surface area contributed by atoms with Gasteiger partial charge in [-0.15, -0.1) is 11.3 Å². The molecule has 27 heavy (non-hydrogen) atoms. The van der Waals surface area contributed by atoms with Crippen molar-refractivity contribution in [3.05, 3.63) is 32.6 Å². The standard InChI is InChI=1S/C15H17F2N5O4S/c1-19(2)11(23)8-22-15(25)21-5-4-20(7-10(21)18-22)13(24)12-9(3-6-27-12)26-14(16)17/h3,6,14H,4-5,7-8H2,1-2H3. The minimum absolute atomic E-state index is 0.0310. The molecule has 0 unspecified atom stereocenters. The minimum Gasteiger partial charge on any atom is -0.433 e.